The van der Waals surface area contributed by atoms with Gasteiger partial charge in [0, 0.05) is 19.6 Å². The number of carbonyl (C=O) groups is 1. The molecule has 0 aliphatic carbocycles. The van der Waals surface area contributed by atoms with Gasteiger partial charge in [0.2, 0.25) is 0 Å². The van der Waals surface area contributed by atoms with Gasteiger partial charge < -0.3 is 20.1 Å². The molecule has 28 heavy (non-hydrogen) atoms. The highest BCUT2D eigenvalue weighted by molar-refractivity contribution is 7.47. The zero-order valence-electron chi connectivity index (χ0n) is 17.6. The van der Waals surface area contributed by atoms with Gasteiger partial charge in [0.25, 0.3) is 0 Å². The number of unbranched alkanes of at least 4 members (excludes halogenated alkanes) is 8. The highest BCUT2D eigenvalue weighted by Gasteiger charge is 2.24. The van der Waals surface area contributed by atoms with Crippen LogP contribution in [-0.2, 0) is 27.9 Å². The molecule has 0 spiro atoms. The first-order valence-corrected chi connectivity index (χ1v) is 12.0. The lowest BCUT2D eigenvalue weighted by molar-refractivity contribution is -0.154. The van der Waals surface area contributed by atoms with Crippen LogP contribution in [0.25, 0.3) is 0 Å². The third-order valence-electron chi connectivity index (χ3n) is 4.08. The highest BCUT2D eigenvalue weighted by Crippen LogP contribution is 2.43. The summed E-state index contributed by atoms with van der Waals surface area (Å²) in [5.41, 5.74) is 5.23. The molecule has 0 aliphatic heterocycles. The molecule has 2 unspecified atom stereocenters. The maximum absolute atomic E-state index is 11.7. The molecular weight excluding hydrogens is 385 g/mol. The molecule has 9 heteroatoms. The Bertz CT molecular complexity index is 423. The molecule has 0 saturated heterocycles. The molecule has 0 aromatic rings. The average molecular weight is 426 g/mol. The monoisotopic (exact) mass is 425 g/mol. The first-order valence-electron chi connectivity index (χ1n) is 10.5. The van der Waals surface area contributed by atoms with Crippen molar-refractivity contribution in [2.24, 2.45) is 5.73 Å². The van der Waals surface area contributed by atoms with Gasteiger partial charge in [-0.05, 0) is 6.42 Å². The van der Waals surface area contributed by atoms with Gasteiger partial charge in [0.1, 0.15) is 6.10 Å². The predicted octanol–water partition coefficient (Wildman–Crippen LogP) is 3.95. The molecule has 168 valence electrons. The number of ether oxygens (including phenoxy) is 2. The second-order valence-electron chi connectivity index (χ2n) is 6.75. The minimum absolute atomic E-state index is 0.0949. The molecule has 0 saturated carbocycles. The van der Waals surface area contributed by atoms with Crippen molar-refractivity contribution < 1.29 is 32.8 Å². The average Bonchev–Trinajstić information content (AvgIpc) is 2.68. The molecule has 0 aliphatic rings. The van der Waals surface area contributed by atoms with Crippen LogP contribution in [0.2, 0.25) is 0 Å². The molecule has 2 atom stereocenters. The Balaban J connectivity index is 3.94. The Morgan fingerprint density at radius 1 is 0.929 bits per heavy atom. The maximum atomic E-state index is 11.7. The fraction of sp³-hybridized carbons (Fsp3) is 0.947. The van der Waals surface area contributed by atoms with Crippen LogP contribution < -0.4 is 5.73 Å². The Labute approximate surface area is 170 Å². The highest BCUT2D eigenvalue weighted by atomic mass is 31.2. The summed E-state index contributed by atoms with van der Waals surface area (Å²) in [6.45, 7) is 4.28. The van der Waals surface area contributed by atoms with Crippen molar-refractivity contribution in [1.82, 2.24) is 0 Å². The maximum Gasteiger partial charge on any atom is 0.472 e. The molecule has 0 aromatic heterocycles. The van der Waals surface area contributed by atoms with Gasteiger partial charge in [-0.25, -0.2) is 4.57 Å². The third kappa shape index (κ3) is 17.6. The van der Waals surface area contributed by atoms with Crippen LogP contribution in [0, 0.1) is 0 Å². The van der Waals surface area contributed by atoms with Crippen molar-refractivity contribution >= 4 is 13.8 Å². The van der Waals surface area contributed by atoms with Crippen LogP contribution in [0.1, 0.15) is 78.1 Å². The second kappa shape index (κ2) is 18.5. The van der Waals surface area contributed by atoms with Gasteiger partial charge in [-0.1, -0.05) is 65.2 Å². The van der Waals surface area contributed by atoms with E-state index in [1.54, 1.807) is 6.92 Å². The van der Waals surface area contributed by atoms with E-state index in [0.29, 0.717) is 6.61 Å². The third-order valence-corrected chi connectivity index (χ3v) is 5.06. The van der Waals surface area contributed by atoms with Gasteiger partial charge in [0.15, 0.2) is 0 Å². The number of carbonyl (C=O) groups excluding carboxylic acids is 1. The zero-order valence-corrected chi connectivity index (χ0v) is 18.5. The number of hydrogen-bond acceptors (Lipinski definition) is 7. The fourth-order valence-corrected chi connectivity index (χ4v) is 3.26. The minimum atomic E-state index is -4.21. The summed E-state index contributed by atoms with van der Waals surface area (Å²) in [6, 6.07) is 0. The smallest absolute Gasteiger partial charge is 0.457 e. The van der Waals surface area contributed by atoms with Crippen molar-refractivity contribution in [2.45, 2.75) is 84.2 Å². The molecule has 0 amide bonds. The number of nitrogens with two attached hydrogens (primary N) is 1. The minimum Gasteiger partial charge on any atom is -0.457 e. The Morgan fingerprint density at radius 3 is 2.11 bits per heavy atom. The van der Waals surface area contributed by atoms with E-state index in [2.05, 4.69) is 11.4 Å². The molecule has 0 bridgehead atoms. The van der Waals surface area contributed by atoms with Crippen LogP contribution in [0.3, 0.4) is 0 Å². The van der Waals surface area contributed by atoms with E-state index in [-0.39, 0.29) is 32.8 Å². The van der Waals surface area contributed by atoms with Crippen molar-refractivity contribution in [3.05, 3.63) is 0 Å². The van der Waals surface area contributed by atoms with E-state index in [1.165, 1.54) is 44.9 Å². The van der Waals surface area contributed by atoms with E-state index in [0.717, 1.165) is 12.8 Å². The van der Waals surface area contributed by atoms with Crippen molar-refractivity contribution in [3.8, 4) is 0 Å². The number of phosphoric acid groups is 1. The molecule has 0 rings (SSSR count). The Hall–Kier alpha value is -0.500. The molecular formula is C19H40NO7P. The van der Waals surface area contributed by atoms with Gasteiger partial charge in [0.05, 0.1) is 19.8 Å². The molecule has 0 fully saturated rings. The number of esters is 1. The molecule has 0 radical (unpaired) electrons. The quantitative estimate of drug-likeness (QED) is 0.171. The van der Waals surface area contributed by atoms with Crippen molar-refractivity contribution in [3.63, 3.8) is 0 Å². The number of phosphoric ester groups is 1. The largest absolute Gasteiger partial charge is 0.472 e. The van der Waals surface area contributed by atoms with E-state index in [1.807, 2.05) is 0 Å². The Morgan fingerprint density at radius 2 is 1.54 bits per heavy atom. The van der Waals surface area contributed by atoms with Gasteiger partial charge in [-0.15, -0.1) is 0 Å². The van der Waals surface area contributed by atoms with Crippen molar-refractivity contribution in [2.75, 3.05) is 33.0 Å². The summed E-state index contributed by atoms with van der Waals surface area (Å²) in [5, 5.41) is 0. The lowest BCUT2D eigenvalue weighted by atomic mass is 10.1. The summed E-state index contributed by atoms with van der Waals surface area (Å²) in [7, 11) is -4.21. The summed E-state index contributed by atoms with van der Waals surface area (Å²) >= 11 is 0. The summed E-state index contributed by atoms with van der Waals surface area (Å²) in [5.74, 6) is -0.420. The van der Waals surface area contributed by atoms with Crippen LogP contribution in [0.5, 0.6) is 0 Å². The Kier molecular flexibility index (Phi) is 18.2. The first kappa shape index (κ1) is 27.5. The molecule has 3 N–H and O–H groups in total. The predicted molar refractivity (Wildman–Crippen MR) is 109 cm³/mol. The topological polar surface area (TPSA) is 117 Å². The van der Waals surface area contributed by atoms with Crippen LogP contribution >= 0.6 is 7.82 Å². The van der Waals surface area contributed by atoms with Gasteiger partial charge in [-0.2, -0.15) is 0 Å². The lowest BCUT2D eigenvalue weighted by Crippen LogP contribution is -2.28. The summed E-state index contributed by atoms with van der Waals surface area (Å²) in [4.78, 5) is 21.0. The molecule has 0 heterocycles. The standard InChI is InChI=1S/C19H40NO7P/c1-3-5-6-7-8-9-10-11-12-14-24-16-18(27-19(21)4-2)17-26-28(22,23)25-15-13-20/h18H,3-17,20H2,1-2H3,(H,22,23). The summed E-state index contributed by atoms with van der Waals surface area (Å²) in [6.07, 6.45) is 10.5. The van der Waals surface area contributed by atoms with E-state index < -0.39 is 19.9 Å². The SMILES string of the molecule is CCCCCCCCCCCOCC(COP(=O)(O)OCCN)OC(=O)CC. The molecule has 0 aromatic carbocycles. The van der Waals surface area contributed by atoms with Crippen LogP contribution in [0.4, 0.5) is 0 Å². The van der Waals surface area contributed by atoms with Gasteiger partial charge >= 0.3 is 13.8 Å². The van der Waals surface area contributed by atoms with Crippen LogP contribution in [0.15, 0.2) is 0 Å². The van der Waals surface area contributed by atoms with Crippen LogP contribution in [-0.4, -0.2) is 49.9 Å². The normalized spacial score (nSPS) is 14.6. The van der Waals surface area contributed by atoms with Gasteiger partial charge in [-0.3, -0.25) is 13.8 Å². The van der Waals surface area contributed by atoms with Crippen molar-refractivity contribution in [1.29, 1.82) is 0 Å². The summed E-state index contributed by atoms with van der Waals surface area (Å²) < 4.78 is 31.9. The van der Waals surface area contributed by atoms with E-state index in [9.17, 15) is 14.3 Å². The van der Waals surface area contributed by atoms with E-state index >= 15 is 0 Å². The molecule has 8 nitrogen and oxygen atoms in total. The number of rotatable bonds is 20. The first-order chi connectivity index (χ1) is 13.4. The zero-order chi connectivity index (χ0) is 21.1. The number of hydrogen-bond donors (Lipinski definition) is 2. The lowest BCUT2D eigenvalue weighted by Gasteiger charge is -2.19. The van der Waals surface area contributed by atoms with E-state index in [4.69, 9.17) is 19.7 Å². The fourth-order valence-electron chi connectivity index (χ4n) is 2.50. The second-order valence-corrected chi connectivity index (χ2v) is 8.21.